The molecule has 0 rings (SSSR count). The van der Waals surface area contributed by atoms with Crippen LogP contribution in [-0.2, 0) is 53.6 Å². The van der Waals surface area contributed by atoms with Crippen LogP contribution in [0.15, 0.2) is 0 Å². The molecule has 0 aliphatic rings. The zero-order valence-corrected chi connectivity index (χ0v) is 12.3. The van der Waals surface area contributed by atoms with Gasteiger partial charge in [0.25, 0.3) is 0 Å². The summed E-state index contributed by atoms with van der Waals surface area (Å²) in [6.07, 6.45) is 0. The summed E-state index contributed by atoms with van der Waals surface area (Å²) in [6, 6.07) is 0. The van der Waals surface area contributed by atoms with Crippen LogP contribution < -0.4 is 0 Å². The fourth-order valence-corrected chi connectivity index (χ4v) is 0. The SMILES string of the molecule is [Ce+3].[Nd+3].[O-2].[O-2].[O-2].[O-2].[O-2].[Zr+4]. The second-order valence-electron chi connectivity index (χ2n) is 0. The zero-order valence-electron chi connectivity index (χ0n) is 3.54. The Hall–Kier alpha value is 3.41. The van der Waals surface area contributed by atoms with Crippen LogP contribution in [-0.4, -0.2) is 0 Å². The predicted octanol–water partition coefficient (Wildman–Crippen LogP) is -0.596. The molecule has 0 saturated heterocycles. The average Bonchev–Trinajstić information content (AvgIpc) is 0. The first-order valence-corrected chi connectivity index (χ1v) is 0. The van der Waals surface area contributed by atoms with Crippen molar-refractivity contribution in [3.8, 4) is 0 Å². The Morgan fingerprint density at radius 3 is 0.500 bits per heavy atom. The smallest absolute Gasteiger partial charge is 2.00 e. The Morgan fingerprint density at radius 1 is 0.500 bits per heavy atom. The molecule has 0 bridgehead atoms. The van der Waals surface area contributed by atoms with E-state index in [-0.39, 0.29) is 136 Å². The zero-order chi connectivity index (χ0) is 0. The van der Waals surface area contributed by atoms with Gasteiger partial charge in [-0.1, -0.05) is 0 Å². The van der Waals surface area contributed by atoms with Crippen LogP contribution in [0, 0.1) is 82.6 Å². The first kappa shape index (κ1) is 106. The molecule has 0 aliphatic carbocycles. The maximum Gasteiger partial charge on any atom is 4.00 e. The fraction of sp³-hybridized carbons (Fsp3) is 0. The van der Waals surface area contributed by atoms with Crippen LogP contribution in [0.5, 0.6) is 0 Å². The average molecular weight is 456 g/mol. The molecule has 0 heterocycles. The van der Waals surface area contributed by atoms with Crippen LogP contribution in [0.4, 0.5) is 0 Å². The van der Waals surface area contributed by atoms with Crippen LogP contribution in [0.3, 0.4) is 0 Å². The maximum atomic E-state index is 0. The summed E-state index contributed by atoms with van der Waals surface area (Å²) in [5, 5.41) is 0. The van der Waals surface area contributed by atoms with Crippen molar-refractivity contribution in [3.05, 3.63) is 0 Å². The molecule has 42 valence electrons. The van der Waals surface area contributed by atoms with E-state index in [1.807, 2.05) is 0 Å². The third kappa shape index (κ3) is 57.2. The number of hydrogen-bond donors (Lipinski definition) is 0. The van der Waals surface area contributed by atoms with Gasteiger partial charge in [-0.2, -0.15) is 0 Å². The van der Waals surface area contributed by atoms with Crippen LogP contribution in [0.2, 0.25) is 0 Å². The van der Waals surface area contributed by atoms with Gasteiger partial charge >= 0.3 is 109 Å². The van der Waals surface area contributed by atoms with Crippen LogP contribution in [0.1, 0.15) is 0 Å². The van der Waals surface area contributed by atoms with Crippen molar-refractivity contribution >= 4 is 0 Å². The largest absolute Gasteiger partial charge is 4.00 e. The van der Waals surface area contributed by atoms with Crippen molar-refractivity contribution in [2.24, 2.45) is 0 Å². The molecule has 0 aliphatic heterocycles. The molecule has 8 heteroatoms. The van der Waals surface area contributed by atoms with Gasteiger partial charge in [0.1, 0.15) is 0 Å². The van der Waals surface area contributed by atoms with Crippen molar-refractivity contribution in [2.75, 3.05) is 0 Å². The van der Waals surface area contributed by atoms with Crippen LogP contribution in [0.25, 0.3) is 0 Å². The summed E-state index contributed by atoms with van der Waals surface area (Å²) < 4.78 is 0. The minimum atomic E-state index is 0. The Balaban J connectivity index is 0. The molecule has 5 nitrogen and oxygen atoms in total. The van der Waals surface area contributed by atoms with Gasteiger partial charge < -0.3 is 27.4 Å². The van der Waals surface area contributed by atoms with E-state index in [0.717, 1.165) is 0 Å². The normalized spacial score (nSPS) is 0. The quantitative estimate of drug-likeness (QED) is 0.460. The molecule has 0 saturated carbocycles. The van der Waals surface area contributed by atoms with Gasteiger partial charge in [-0.3, -0.25) is 0 Å². The summed E-state index contributed by atoms with van der Waals surface area (Å²) in [7, 11) is 0. The standard InChI is InChI=1S/Ce.Nd.5O.Zr/q2*+3;5*-2;+4. The Morgan fingerprint density at radius 2 is 0.500 bits per heavy atom. The third-order valence-electron chi connectivity index (χ3n) is 0. The van der Waals surface area contributed by atoms with Crippen molar-refractivity contribution in [2.45, 2.75) is 0 Å². The molecule has 0 spiro atoms. The molecule has 0 atom stereocenters. The molecular weight excluding hydrogens is 456 g/mol. The molecule has 0 aromatic heterocycles. The van der Waals surface area contributed by atoms with E-state index in [4.69, 9.17) is 0 Å². The van der Waals surface area contributed by atoms with Gasteiger partial charge in [-0.05, 0) is 0 Å². The molecule has 0 fully saturated rings. The molecule has 0 N–H and O–H groups in total. The second kappa shape index (κ2) is 79.3. The van der Waals surface area contributed by atoms with Gasteiger partial charge in [0.05, 0.1) is 0 Å². The van der Waals surface area contributed by atoms with E-state index in [1.165, 1.54) is 0 Å². The van der Waals surface area contributed by atoms with E-state index in [2.05, 4.69) is 0 Å². The summed E-state index contributed by atoms with van der Waals surface area (Å²) in [5.41, 5.74) is 0. The molecule has 0 unspecified atom stereocenters. The molecule has 0 aromatic rings. The van der Waals surface area contributed by atoms with E-state index < -0.39 is 0 Å². The van der Waals surface area contributed by atoms with Gasteiger partial charge in [-0.15, -0.1) is 0 Å². The third-order valence-corrected chi connectivity index (χ3v) is 0. The van der Waals surface area contributed by atoms with Crippen LogP contribution >= 0.6 is 0 Å². The van der Waals surface area contributed by atoms with Gasteiger partial charge in [0.15, 0.2) is 0 Å². The molecule has 8 heavy (non-hydrogen) atoms. The van der Waals surface area contributed by atoms with Gasteiger partial charge in [0.2, 0.25) is 0 Å². The van der Waals surface area contributed by atoms with Crippen molar-refractivity contribution in [3.63, 3.8) is 0 Å². The van der Waals surface area contributed by atoms with E-state index >= 15 is 0 Å². The predicted molar refractivity (Wildman–Crippen MR) is 3.43 cm³/mol. The van der Waals surface area contributed by atoms with Gasteiger partial charge in [-0.25, -0.2) is 0 Å². The van der Waals surface area contributed by atoms with E-state index in [0.29, 0.717) is 0 Å². The summed E-state index contributed by atoms with van der Waals surface area (Å²) in [4.78, 5) is 0. The minimum Gasteiger partial charge on any atom is -2.00 e. The molecule has 0 amide bonds. The van der Waals surface area contributed by atoms with Crippen molar-refractivity contribution in [1.82, 2.24) is 0 Å². The summed E-state index contributed by atoms with van der Waals surface area (Å²) in [6.45, 7) is 0. The number of rotatable bonds is 0. The Kier molecular flexibility index (Phi) is 1050. The van der Waals surface area contributed by atoms with Crippen molar-refractivity contribution in [1.29, 1.82) is 0 Å². The molecule has 2 radical (unpaired) electrons. The summed E-state index contributed by atoms with van der Waals surface area (Å²) in [5.74, 6) is 0. The first-order valence-electron chi connectivity index (χ1n) is 0. The molecular formula is CeNdO5Zr. The minimum absolute atomic E-state index is 0. The Bertz CT molecular complexity index is 12.4. The number of hydrogen-bond acceptors (Lipinski definition) is 0. The van der Waals surface area contributed by atoms with E-state index in [9.17, 15) is 0 Å². The van der Waals surface area contributed by atoms with Gasteiger partial charge in [0, 0.05) is 0 Å². The molecule has 0 aromatic carbocycles. The summed E-state index contributed by atoms with van der Waals surface area (Å²) >= 11 is 0. The topological polar surface area (TPSA) is 142 Å². The van der Waals surface area contributed by atoms with Crippen molar-refractivity contribution < 1.29 is 136 Å². The first-order chi connectivity index (χ1) is 0. The second-order valence-corrected chi connectivity index (χ2v) is 0. The Labute approximate surface area is 133 Å². The monoisotopic (exact) mass is 452 g/mol. The maximum absolute atomic E-state index is 0. The van der Waals surface area contributed by atoms with E-state index in [1.54, 1.807) is 0 Å². The fourth-order valence-electron chi connectivity index (χ4n) is 0.